The van der Waals surface area contributed by atoms with Crippen LogP contribution < -0.4 is 25.6 Å². The van der Waals surface area contributed by atoms with Gasteiger partial charge in [0, 0.05) is 11.8 Å². The lowest BCUT2D eigenvalue weighted by atomic mass is 10.0. The minimum Gasteiger partial charge on any atom is -0.512 e. The fourth-order valence-corrected chi connectivity index (χ4v) is 5.89. The molecule has 2 heterocycles. The van der Waals surface area contributed by atoms with E-state index < -0.39 is 5.56 Å². The topological polar surface area (TPSA) is 109 Å². The Morgan fingerprint density at radius 1 is 0.830 bits per heavy atom. The minimum absolute atomic E-state index is 0.0162. The number of hydrogen-bond acceptors (Lipinski definition) is 7. The van der Waals surface area contributed by atoms with Crippen LogP contribution in [0.3, 0.4) is 0 Å². The fraction of sp³-hybridized carbons (Fsp3) is 0.462. The molecule has 250 valence electrons. The Kier molecular flexibility index (Phi) is 14.5. The van der Waals surface area contributed by atoms with Crippen molar-refractivity contribution in [1.82, 2.24) is 9.38 Å². The number of hydrogen-bond donors (Lipinski definition) is 2. The highest BCUT2D eigenvalue weighted by Crippen LogP contribution is 2.28. The van der Waals surface area contributed by atoms with E-state index in [2.05, 4.69) is 23.3 Å². The van der Waals surface area contributed by atoms with Crippen LogP contribution in [0.1, 0.15) is 109 Å². The molecule has 0 aliphatic carbocycles. The summed E-state index contributed by atoms with van der Waals surface area (Å²) in [7, 11) is 0. The van der Waals surface area contributed by atoms with Gasteiger partial charge in [-0.25, -0.2) is 4.98 Å². The summed E-state index contributed by atoms with van der Waals surface area (Å²) in [5, 5.41) is 23.4. The molecule has 0 radical (unpaired) electrons. The van der Waals surface area contributed by atoms with Gasteiger partial charge in [0.25, 0.3) is 5.56 Å². The molecule has 0 aliphatic rings. The summed E-state index contributed by atoms with van der Waals surface area (Å²) in [6.07, 6.45) is 20.0. The van der Waals surface area contributed by atoms with Gasteiger partial charge in [-0.1, -0.05) is 133 Å². The zero-order valence-corrected chi connectivity index (χ0v) is 28.1. The van der Waals surface area contributed by atoms with E-state index in [4.69, 9.17) is 9.47 Å². The third-order valence-corrected chi connectivity index (χ3v) is 8.50. The molecular formula is C39H50N4O4. The first kappa shape index (κ1) is 35.3. The van der Waals surface area contributed by atoms with Gasteiger partial charge in [0.15, 0.2) is 23.9 Å². The monoisotopic (exact) mass is 638 g/mol. The van der Waals surface area contributed by atoms with Crippen LogP contribution in [-0.2, 0) is 0 Å². The highest BCUT2D eigenvalue weighted by Gasteiger charge is 2.19. The maximum absolute atomic E-state index is 13.4. The van der Waals surface area contributed by atoms with Crippen LogP contribution >= 0.6 is 0 Å². The van der Waals surface area contributed by atoms with E-state index >= 15 is 0 Å². The molecular weight excluding hydrogens is 588 g/mol. The zero-order chi connectivity index (χ0) is 33.3. The molecule has 0 bridgehead atoms. The average Bonchev–Trinajstić information content (AvgIpc) is 3.46. The van der Waals surface area contributed by atoms with Gasteiger partial charge >= 0.3 is 0 Å². The molecule has 2 N–H and O–H groups in total. The van der Waals surface area contributed by atoms with E-state index in [0.717, 1.165) is 18.4 Å². The zero-order valence-electron chi connectivity index (χ0n) is 28.1. The highest BCUT2D eigenvalue weighted by molar-refractivity contribution is 5.79. The number of aliphatic hydroxyl groups is 1. The Morgan fingerprint density at radius 2 is 1.38 bits per heavy atom. The summed E-state index contributed by atoms with van der Waals surface area (Å²) >= 11 is 0. The number of aliphatic hydroxyl groups excluding tert-OH is 1. The van der Waals surface area contributed by atoms with Crippen molar-refractivity contribution >= 4 is 17.2 Å². The number of rotatable bonds is 21. The van der Waals surface area contributed by atoms with Crippen LogP contribution in [0.5, 0.6) is 11.5 Å². The molecule has 8 heteroatoms. The molecule has 0 saturated carbocycles. The van der Waals surface area contributed by atoms with E-state index in [1.165, 1.54) is 88.4 Å². The predicted molar refractivity (Wildman–Crippen MR) is 190 cm³/mol. The largest absolute Gasteiger partial charge is 0.512 e. The quantitative estimate of drug-likeness (QED) is 0.0693. The number of nitriles is 1. The lowest BCUT2D eigenvalue weighted by molar-refractivity contribution is 0.272. The lowest BCUT2D eigenvalue weighted by Crippen LogP contribution is -2.36. The molecule has 0 fully saturated rings. The third-order valence-electron chi connectivity index (χ3n) is 8.50. The molecule has 2 aromatic carbocycles. The minimum atomic E-state index is -0.479. The van der Waals surface area contributed by atoms with E-state index in [9.17, 15) is 15.2 Å². The first-order chi connectivity index (χ1) is 23.0. The standard InChI is InChI=1S/C39H50N4O4/c1-3-4-5-6-7-8-9-10-11-12-13-14-15-21-26-46-34-24-19-20-25-35(34)47-29-41-37-36(30(2)44)39(45)43-28-33(31-22-17-16-18-23-31)32(27-40)38(43)42-37/h16-20,22-25,28,44H,3-15,21,26,29H2,1-2H3,(H,41,42)/b36-30+. The Balaban J connectivity index is 1.25. The number of nitrogens with one attached hydrogen (secondary N) is 1. The van der Waals surface area contributed by atoms with Gasteiger partial charge in [-0.3, -0.25) is 9.20 Å². The van der Waals surface area contributed by atoms with E-state index in [-0.39, 0.29) is 34.7 Å². The van der Waals surface area contributed by atoms with Gasteiger partial charge in [-0.2, -0.15) is 5.26 Å². The normalized spacial score (nSPS) is 11.8. The van der Waals surface area contributed by atoms with Gasteiger partial charge in [0.2, 0.25) is 0 Å². The predicted octanol–water partition coefficient (Wildman–Crippen LogP) is 8.95. The van der Waals surface area contributed by atoms with E-state index in [0.29, 0.717) is 23.7 Å². The molecule has 47 heavy (non-hydrogen) atoms. The average molecular weight is 639 g/mol. The van der Waals surface area contributed by atoms with Crippen molar-refractivity contribution in [3.05, 3.63) is 81.9 Å². The van der Waals surface area contributed by atoms with Gasteiger partial charge < -0.3 is 19.9 Å². The molecule has 0 amide bonds. The number of ether oxygens (including phenoxy) is 2. The molecule has 4 aromatic rings. The Morgan fingerprint density at radius 3 is 1.96 bits per heavy atom. The lowest BCUT2D eigenvalue weighted by Gasteiger charge is -2.14. The second-order valence-corrected chi connectivity index (χ2v) is 12.2. The maximum atomic E-state index is 13.4. The van der Waals surface area contributed by atoms with Crippen molar-refractivity contribution in [2.75, 3.05) is 18.7 Å². The summed E-state index contributed by atoms with van der Waals surface area (Å²) in [4.78, 5) is 18.0. The van der Waals surface area contributed by atoms with Gasteiger partial charge in [-0.05, 0) is 31.0 Å². The van der Waals surface area contributed by atoms with Crippen LogP contribution in [0.15, 0.2) is 65.6 Å². The second-order valence-electron chi connectivity index (χ2n) is 12.2. The van der Waals surface area contributed by atoms with Crippen LogP contribution in [0, 0.1) is 11.3 Å². The fourth-order valence-electron chi connectivity index (χ4n) is 5.89. The number of para-hydroxylation sites is 2. The molecule has 0 saturated heterocycles. The Labute approximate surface area is 279 Å². The summed E-state index contributed by atoms with van der Waals surface area (Å²) < 4.78 is 13.4. The van der Waals surface area contributed by atoms with E-state index in [1.807, 2.05) is 54.6 Å². The second kappa shape index (κ2) is 19.2. The first-order valence-electron chi connectivity index (χ1n) is 17.4. The van der Waals surface area contributed by atoms with Crippen LogP contribution in [0.25, 0.3) is 22.5 Å². The van der Waals surface area contributed by atoms with E-state index in [1.54, 1.807) is 6.20 Å². The summed E-state index contributed by atoms with van der Waals surface area (Å²) in [5.74, 6) is 1.16. The van der Waals surface area contributed by atoms with Gasteiger partial charge in [0.05, 0.1) is 6.61 Å². The van der Waals surface area contributed by atoms with Gasteiger partial charge in [-0.15, -0.1) is 0 Å². The van der Waals surface area contributed by atoms with Crippen molar-refractivity contribution in [1.29, 1.82) is 5.26 Å². The van der Waals surface area contributed by atoms with Crippen LogP contribution in [0.4, 0.5) is 5.82 Å². The third kappa shape index (κ3) is 10.2. The summed E-state index contributed by atoms with van der Waals surface area (Å²) in [6, 6.07) is 19.0. The first-order valence-corrected chi connectivity index (χ1v) is 17.4. The Hall–Kier alpha value is -4.51. The number of benzene rings is 2. The molecule has 0 aliphatic heterocycles. The number of fused-ring (bicyclic) bond motifs is 1. The maximum Gasteiger partial charge on any atom is 0.270 e. The smallest absolute Gasteiger partial charge is 0.270 e. The number of unbranched alkanes of at least 4 members (excludes halogenated alkanes) is 13. The van der Waals surface area contributed by atoms with Crippen molar-refractivity contribution in [2.45, 2.75) is 104 Å². The number of aromatic nitrogens is 2. The summed E-state index contributed by atoms with van der Waals surface area (Å²) in [5.41, 5.74) is 1.40. The molecule has 8 nitrogen and oxygen atoms in total. The SMILES string of the molecule is CCCCCCCCCCCCCCCCOc1ccccc1OCNc1nc2c(C#N)c(-c3ccccc3)cn2c(=O)/c1=C(\C)O. The molecule has 0 atom stereocenters. The highest BCUT2D eigenvalue weighted by atomic mass is 16.5. The van der Waals surface area contributed by atoms with Gasteiger partial charge in [0.1, 0.15) is 28.4 Å². The van der Waals surface area contributed by atoms with Crippen molar-refractivity contribution in [3.8, 4) is 28.7 Å². The molecule has 2 aromatic heterocycles. The number of nitrogens with zero attached hydrogens (tertiary/aromatic N) is 3. The number of anilines is 1. The van der Waals surface area contributed by atoms with Crippen molar-refractivity contribution in [3.63, 3.8) is 0 Å². The Bertz CT molecular complexity index is 1690. The molecule has 4 rings (SSSR count). The summed E-state index contributed by atoms with van der Waals surface area (Å²) in [6.45, 7) is 4.28. The van der Waals surface area contributed by atoms with Crippen LogP contribution in [-0.4, -0.2) is 27.8 Å². The van der Waals surface area contributed by atoms with Crippen molar-refractivity contribution in [2.24, 2.45) is 0 Å². The molecule has 0 unspecified atom stereocenters. The molecule has 0 spiro atoms. The van der Waals surface area contributed by atoms with Crippen molar-refractivity contribution < 1.29 is 14.6 Å². The van der Waals surface area contributed by atoms with Crippen LogP contribution in [0.2, 0.25) is 0 Å².